The van der Waals surface area contributed by atoms with E-state index in [1.807, 2.05) is 6.92 Å². The maximum atomic E-state index is 9.62. The molecule has 0 atom stereocenters. The van der Waals surface area contributed by atoms with Gasteiger partial charge in [-0.15, -0.1) is 10.2 Å². The molecule has 1 heterocycles. The van der Waals surface area contributed by atoms with Gasteiger partial charge in [-0.05, 0) is 25.1 Å². The van der Waals surface area contributed by atoms with Crippen molar-refractivity contribution in [3.05, 3.63) is 28.8 Å². The zero-order valence-electron chi connectivity index (χ0n) is 8.67. The first-order chi connectivity index (χ1) is 7.65. The number of aromatic nitrogens is 2. The van der Waals surface area contributed by atoms with Crippen molar-refractivity contribution in [1.29, 1.82) is 0 Å². The van der Waals surface area contributed by atoms with E-state index in [1.165, 1.54) is 0 Å². The minimum Gasteiger partial charge on any atom is -0.508 e. The van der Waals surface area contributed by atoms with Gasteiger partial charge in [0.1, 0.15) is 10.8 Å². The van der Waals surface area contributed by atoms with E-state index < -0.39 is 0 Å². The Balaban J connectivity index is 2.07. The van der Waals surface area contributed by atoms with Gasteiger partial charge in [-0.3, -0.25) is 0 Å². The smallest absolute Gasteiger partial charge is 0.174 e. The van der Waals surface area contributed by atoms with Gasteiger partial charge in [0.25, 0.3) is 0 Å². The molecule has 0 aliphatic heterocycles. The summed E-state index contributed by atoms with van der Waals surface area (Å²) in [4.78, 5) is 0. The number of hydrogen-bond acceptors (Lipinski definition) is 6. The molecule has 2 rings (SSSR count). The predicted molar refractivity (Wildman–Crippen MR) is 66.7 cm³/mol. The van der Waals surface area contributed by atoms with E-state index in [0.29, 0.717) is 11.4 Å². The third-order valence-electron chi connectivity index (χ3n) is 1.96. The van der Waals surface area contributed by atoms with Gasteiger partial charge in [0, 0.05) is 17.0 Å². The molecular weight excluding hydrogens is 242 g/mol. The summed E-state index contributed by atoms with van der Waals surface area (Å²) in [6.07, 6.45) is 0. The van der Waals surface area contributed by atoms with Crippen molar-refractivity contribution in [2.75, 3.05) is 5.73 Å². The van der Waals surface area contributed by atoms with Crippen molar-refractivity contribution in [3.63, 3.8) is 0 Å². The Morgan fingerprint density at radius 1 is 1.44 bits per heavy atom. The van der Waals surface area contributed by atoms with Crippen molar-refractivity contribution >= 4 is 28.8 Å². The Labute approximate surface area is 102 Å². The average Bonchev–Trinajstić information content (AvgIpc) is 2.66. The van der Waals surface area contributed by atoms with Crippen molar-refractivity contribution in [2.45, 2.75) is 17.0 Å². The Kier molecular flexibility index (Phi) is 3.31. The molecule has 0 radical (unpaired) electrons. The third kappa shape index (κ3) is 2.65. The summed E-state index contributed by atoms with van der Waals surface area (Å²) in [5, 5.41) is 18.5. The van der Waals surface area contributed by atoms with Gasteiger partial charge in [-0.25, -0.2) is 0 Å². The van der Waals surface area contributed by atoms with E-state index in [0.717, 1.165) is 14.9 Å². The number of hydrogen-bond donors (Lipinski definition) is 2. The van der Waals surface area contributed by atoms with Crippen molar-refractivity contribution < 1.29 is 5.11 Å². The number of phenolic OH excluding ortho intramolecular Hbond substituents is 1. The maximum Gasteiger partial charge on any atom is 0.174 e. The van der Waals surface area contributed by atoms with Crippen LogP contribution >= 0.6 is 23.1 Å². The fourth-order valence-electron chi connectivity index (χ4n) is 1.20. The van der Waals surface area contributed by atoms with Crippen molar-refractivity contribution in [2.24, 2.45) is 0 Å². The minimum atomic E-state index is 0.267. The number of thioether (sulfide) groups is 1. The number of aryl methyl sites for hydroxylation is 1. The highest BCUT2D eigenvalue weighted by atomic mass is 32.2. The largest absolute Gasteiger partial charge is 0.508 e. The Morgan fingerprint density at radius 2 is 2.25 bits per heavy atom. The molecule has 0 saturated heterocycles. The molecule has 0 bridgehead atoms. The highest BCUT2D eigenvalue weighted by Crippen LogP contribution is 2.30. The zero-order chi connectivity index (χ0) is 11.5. The van der Waals surface area contributed by atoms with Crippen LogP contribution in [0.4, 0.5) is 5.69 Å². The standard InChI is InChI=1S/C10H11N3OS2/c1-6-12-13-10(16-6)15-5-7-4-8(11)2-3-9(7)14/h2-4,14H,5,11H2,1H3. The van der Waals surface area contributed by atoms with Crippen molar-refractivity contribution in [1.82, 2.24) is 10.2 Å². The van der Waals surface area contributed by atoms with Gasteiger partial charge in [0.05, 0.1) is 0 Å². The van der Waals surface area contributed by atoms with E-state index in [9.17, 15) is 5.11 Å². The summed E-state index contributed by atoms with van der Waals surface area (Å²) in [5.74, 6) is 0.911. The number of nitrogen functional groups attached to an aromatic ring is 1. The van der Waals surface area contributed by atoms with Gasteiger partial charge in [0.15, 0.2) is 4.34 Å². The molecule has 3 N–H and O–H groups in total. The number of benzene rings is 1. The number of aromatic hydroxyl groups is 1. The summed E-state index contributed by atoms with van der Waals surface area (Å²) in [6, 6.07) is 5.06. The van der Waals surface area contributed by atoms with Crippen molar-refractivity contribution in [3.8, 4) is 5.75 Å². The lowest BCUT2D eigenvalue weighted by molar-refractivity contribution is 0.471. The molecule has 0 aliphatic carbocycles. The van der Waals surface area contributed by atoms with E-state index in [1.54, 1.807) is 41.3 Å². The van der Waals surface area contributed by atoms with Gasteiger partial charge in [0.2, 0.25) is 0 Å². The average molecular weight is 253 g/mol. The van der Waals surface area contributed by atoms with Crippen LogP contribution in [-0.2, 0) is 5.75 Å². The van der Waals surface area contributed by atoms with Crippen LogP contribution in [0.1, 0.15) is 10.6 Å². The van der Waals surface area contributed by atoms with Crippen LogP contribution in [0, 0.1) is 6.92 Å². The van der Waals surface area contributed by atoms with Gasteiger partial charge in [-0.1, -0.05) is 23.1 Å². The summed E-state index contributed by atoms with van der Waals surface area (Å²) in [6.45, 7) is 1.92. The molecule has 0 amide bonds. The van der Waals surface area contributed by atoms with Gasteiger partial charge in [-0.2, -0.15) is 0 Å². The van der Waals surface area contributed by atoms with E-state index in [4.69, 9.17) is 5.73 Å². The summed E-state index contributed by atoms with van der Waals surface area (Å²) in [7, 11) is 0. The number of anilines is 1. The molecule has 0 fully saturated rings. The van der Waals surface area contributed by atoms with Crippen LogP contribution in [0.3, 0.4) is 0 Å². The second kappa shape index (κ2) is 4.71. The first-order valence-electron chi connectivity index (χ1n) is 4.65. The fourth-order valence-corrected chi connectivity index (χ4v) is 3.00. The molecule has 0 aliphatic rings. The van der Waals surface area contributed by atoms with E-state index >= 15 is 0 Å². The molecule has 16 heavy (non-hydrogen) atoms. The summed E-state index contributed by atoms with van der Waals surface area (Å²) in [5.41, 5.74) is 7.13. The van der Waals surface area contributed by atoms with Crippen LogP contribution in [0.5, 0.6) is 5.75 Å². The fraction of sp³-hybridized carbons (Fsp3) is 0.200. The SMILES string of the molecule is Cc1nnc(SCc2cc(N)ccc2O)s1. The minimum absolute atomic E-state index is 0.267. The molecule has 4 nitrogen and oxygen atoms in total. The number of nitrogens with zero attached hydrogens (tertiary/aromatic N) is 2. The second-order valence-electron chi connectivity index (χ2n) is 3.26. The number of nitrogens with two attached hydrogens (primary N) is 1. The van der Waals surface area contributed by atoms with Crippen LogP contribution in [0.2, 0.25) is 0 Å². The summed E-state index contributed by atoms with van der Waals surface area (Å²) >= 11 is 3.09. The highest BCUT2D eigenvalue weighted by Gasteiger charge is 2.05. The van der Waals surface area contributed by atoms with Crippen LogP contribution in [0.25, 0.3) is 0 Å². The number of rotatable bonds is 3. The van der Waals surface area contributed by atoms with E-state index in [2.05, 4.69) is 10.2 Å². The first-order valence-corrected chi connectivity index (χ1v) is 6.45. The summed E-state index contributed by atoms with van der Waals surface area (Å²) < 4.78 is 0.902. The van der Waals surface area contributed by atoms with Crippen LogP contribution in [-0.4, -0.2) is 15.3 Å². The Bertz CT molecular complexity index is 499. The first kappa shape index (κ1) is 11.2. The Morgan fingerprint density at radius 3 is 2.94 bits per heavy atom. The molecule has 0 spiro atoms. The molecule has 0 saturated carbocycles. The van der Waals surface area contributed by atoms with E-state index in [-0.39, 0.29) is 5.75 Å². The lowest BCUT2D eigenvalue weighted by Gasteiger charge is -2.03. The Hall–Kier alpha value is -1.27. The zero-order valence-corrected chi connectivity index (χ0v) is 10.3. The second-order valence-corrected chi connectivity index (χ2v) is 5.67. The maximum absolute atomic E-state index is 9.62. The highest BCUT2D eigenvalue weighted by molar-refractivity contribution is 8.00. The lowest BCUT2D eigenvalue weighted by atomic mass is 10.2. The van der Waals surface area contributed by atoms with Crippen LogP contribution in [0.15, 0.2) is 22.5 Å². The van der Waals surface area contributed by atoms with Crippen LogP contribution < -0.4 is 5.73 Å². The molecular formula is C10H11N3OS2. The molecule has 2 aromatic rings. The molecule has 6 heteroatoms. The molecule has 1 aromatic heterocycles. The third-order valence-corrected chi connectivity index (χ3v) is 3.98. The topological polar surface area (TPSA) is 72.0 Å². The normalized spacial score (nSPS) is 10.6. The van der Waals surface area contributed by atoms with Gasteiger partial charge >= 0.3 is 0 Å². The number of phenols is 1. The molecule has 1 aromatic carbocycles. The predicted octanol–water partition coefficient (Wildman–Crippen LogP) is 2.43. The molecule has 84 valence electrons. The molecule has 0 unspecified atom stereocenters. The monoisotopic (exact) mass is 253 g/mol. The lowest BCUT2D eigenvalue weighted by Crippen LogP contribution is -1.88. The quantitative estimate of drug-likeness (QED) is 0.499. The van der Waals surface area contributed by atoms with Gasteiger partial charge < -0.3 is 10.8 Å².